The van der Waals surface area contributed by atoms with Gasteiger partial charge in [-0.3, -0.25) is 9.48 Å². The lowest BCUT2D eigenvalue weighted by Crippen LogP contribution is -2.50. The van der Waals surface area contributed by atoms with Crippen LogP contribution in [0.3, 0.4) is 0 Å². The minimum absolute atomic E-state index is 0.107. The number of aromatic nitrogens is 3. The van der Waals surface area contributed by atoms with Crippen LogP contribution in [0.2, 0.25) is 0 Å². The molecule has 176 valence electrons. The molecule has 3 aromatic rings. The number of aryl methyl sites for hydroxylation is 4. The van der Waals surface area contributed by atoms with Crippen LogP contribution in [0.1, 0.15) is 52.6 Å². The smallest absolute Gasteiger partial charge is 0.254 e. The molecule has 0 saturated carbocycles. The van der Waals surface area contributed by atoms with E-state index in [1.807, 2.05) is 59.9 Å². The summed E-state index contributed by atoms with van der Waals surface area (Å²) in [5.74, 6) is 0.0555. The standard InChI is InChI=1S/C24H31N5O3S/c1-15(2)20-14-19(22-18(5)26-27(6)23(22)25-20)24(30)28-9-11-29(12-10-28)33(31,32)21-13-16(3)7-8-17(21)4/h7-8,13-15H,9-12H2,1-6H3. The number of hydrogen-bond acceptors (Lipinski definition) is 5. The van der Waals surface area contributed by atoms with Crippen LogP contribution in [0.25, 0.3) is 11.0 Å². The quantitative estimate of drug-likeness (QED) is 0.586. The third-order valence-electron chi connectivity index (χ3n) is 6.30. The van der Waals surface area contributed by atoms with Gasteiger partial charge in [-0.15, -0.1) is 0 Å². The van der Waals surface area contributed by atoms with Gasteiger partial charge in [0.1, 0.15) is 0 Å². The normalized spacial score (nSPS) is 15.5. The maximum Gasteiger partial charge on any atom is 0.254 e. The van der Waals surface area contributed by atoms with Crippen molar-refractivity contribution < 1.29 is 13.2 Å². The lowest BCUT2D eigenvalue weighted by atomic mass is 10.0. The van der Waals surface area contributed by atoms with Crippen LogP contribution >= 0.6 is 0 Å². The number of fused-ring (bicyclic) bond motifs is 1. The number of benzene rings is 1. The monoisotopic (exact) mass is 469 g/mol. The molecule has 1 amide bonds. The number of piperazine rings is 1. The first-order valence-corrected chi connectivity index (χ1v) is 12.7. The SMILES string of the molecule is Cc1ccc(C)c(S(=O)(=O)N2CCN(C(=O)c3cc(C(C)C)nc4c3c(C)nn4C)CC2)c1. The largest absolute Gasteiger partial charge is 0.336 e. The third-order valence-corrected chi connectivity index (χ3v) is 8.34. The Morgan fingerprint density at radius 1 is 1.03 bits per heavy atom. The molecule has 0 bridgehead atoms. The summed E-state index contributed by atoms with van der Waals surface area (Å²) < 4.78 is 29.7. The minimum atomic E-state index is -3.61. The maximum atomic E-state index is 13.6. The topological polar surface area (TPSA) is 88.4 Å². The molecule has 3 heterocycles. The first kappa shape index (κ1) is 23.4. The van der Waals surface area contributed by atoms with Crippen LogP contribution < -0.4 is 0 Å². The molecule has 1 aliphatic heterocycles. The second-order valence-electron chi connectivity index (χ2n) is 9.12. The van der Waals surface area contributed by atoms with Crippen molar-refractivity contribution in [2.45, 2.75) is 45.4 Å². The highest BCUT2D eigenvalue weighted by Gasteiger charge is 2.32. The van der Waals surface area contributed by atoms with Crippen LogP contribution in [0.15, 0.2) is 29.2 Å². The molecule has 1 aliphatic rings. The van der Waals surface area contributed by atoms with Gasteiger partial charge >= 0.3 is 0 Å². The van der Waals surface area contributed by atoms with Gasteiger partial charge in [0.2, 0.25) is 10.0 Å². The summed E-state index contributed by atoms with van der Waals surface area (Å²) in [6.07, 6.45) is 0. The van der Waals surface area contributed by atoms with Gasteiger partial charge in [0.05, 0.1) is 21.5 Å². The second kappa shape index (κ2) is 8.53. The molecule has 0 spiro atoms. The zero-order valence-corrected chi connectivity index (χ0v) is 20.9. The molecule has 1 fully saturated rings. The number of rotatable bonds is 4. The van der Waals surface area contributed by atoms with Gasteiger partial charge in [-0.05, 0) is 49.9 Å². The molecule has 0 radical (unpaired) electrons. The average Bonchev–Trinajstić information content (AvgIpc) is 3.07. The predicted molar refractivity (Wildman–Crippen MR) is 128 cm³/mol. The van der Waals surface area contributed by atoms with Gasteiger partial charge in [-0.25, -0.2) is 13.4 Å². The van der Waals surface area contributed by atoms with Crippen molar-refractivity contribution >= 4 is 27.0 Å². The molecular formula is C24H31N5O3S. The van der Waals surface area contributed by atoms with Crippen molar-refractivity contribution in [1.82, 2.24) is 24.0 Å². The van der Waals surface area contributed by atoms with Gasteiger partial charge in [0, 0.05) is 38.9 Å². The molecule has 0 unspecified atom stereocenters. The molecule has 0 N–H and O–H groups in total. The number of carbonyl (C=O) groups is 1. The number of hydrogen-bond donors (Lipinski definition) is 0. The number of nitrogens with zero attached hydrogens (tertiary/aromatic N) is 5. The van der Waals surface area contributed by atoms with Gasteiger partial charge in [-0.1, -0.05) is 26.0 Å². The van der Waals surface area contributed by atoms with E-state index in [4.69, 9.17) is 4.98 Å². The van der Waals surface area contributed by atoms with E-state index in [1.54, 1.807) is 15.6 Å². The van der Waals surface area contributed by atoms with Crippen LogP contribution in [0, 0.1) is 20.8 Å². The van der Waals surface area contributed by atoms with Crippen molar-refractivity contribution in [3.63, 3.8) is 0 Å². The van der Waals surface area contributed by atoms with Crippen LogP contribution in [0.5, 0.6) is 0 Å². The highest BCUT2D eigenvalue weighted by atomic mass is 32.2. The molecule has 1 saturated heterocycles. The van der Waals surface area contributed by atoms with Crippen LogP contribution in [-0.4, -0.2) is 64.5 Å². The number of sulfonamides is 1. The lowest BCUT2D eigenvalue weighted by Gasteiger charge is -2.34. The van der Waals surface area contributed by atoms with Gasteiger partial charge in [-0.2, -0.15) is 9.40 Å². The summed E-state index contributed by atoms with van der Waals surface area (Å²) >= 11 is 0. The third kappa shape index (κ3) is 4.15. The number of pyridine rings is 1. The Hall–Kier alpha value is -2.78. The number of carbonyl (C=O) groups excluding carboxylic acids is 1. The molecule has 4 rings (SSSR count). The molecule has 0 aliphatic carbocycles. The van der Waals surface area contributed by atoms with Crippen molar-refractivity contribution in [2.75, 3.05) is 26.2 Å². The lowest BCUT2D eigenvalue weighted by molar-refractivity contribution is 0.0699. The van der Waals surface area contributed by atoms with E-state index in [1.165, 1.54) is 4.31 Å². The van der Waals surface area contributed by atoms with E-state index in [0.29, 0.717) is 29.2 Å². The van der Waals surface area contributed by atoms with Crippen LogP contribution in [-0.2, 0) is 17.1 Å². The van der Waals surface area contributed by atoms with E-state index in [9.17, 15) is 13.2 Å². The molecule has 9 heteroatoms. The van der Waals surface area contributed by atoms with E-state index in [-0.39, 0.29) is 24.9 Å². The van der Waals surface area contributed by atoms with E-state index in [0.717, 1.165) is 27.9 Å². The van der Waals surface area contributed by atoms with Gasteiger partial charge in [0.25, 0.3) is 5.91 Å². The Morgan fingerprint density at radius 2 is 1.70 bits per heavy atom. The highest BCUT2D eigenvalue weighted by Crippen LogP contribution is 2.27. The second-order valence-corrected chi connectivity index (χ2v) is 11.0. The fourth-order valence-corrected chi connectivity index (χ4v) is 6.09. The Labute approximate surface area is 195 Å². The van der Waals surface area contributed by atoms with E-state index >= 15 is 0 Å². The molecule has 33 heavy (non-hydrogen) atoms. The summed E-state index contributed by atoms with van der Waals surface area (Å²) in [5, 5.41) is 5.23. The summed E-state index contributed by atoms with van der Waals surface area (Å²) in [6.45, 7) is 10.9. The summed E-state index contributed by atoms with van der Waals surface area (Å²) in [4.78, 5) is 20.4. The Bertz CT molecular complexity index is 1340. The Balaban J connectivity index is 1.61. The molecule has 1 aromatic carbocycles. The first-order chi connectivity index (χ1) is 15.5. The highest BCUT2D eigenvalue weighted by molar-refractivity contribution is 7.89. The maximum absolute atomic E-state index is 13.6. The summed E-state index contributed by atoms with van der Waals surface area (Å²) in [7, 11) is -1.78. The van der Waals surface area contributed by atoms with Crippen molar-refractivity contribution in [3.05, 3.63) is 52.3 Å². The molecule has 2 aromatic heterocycles. The van der Waals surface area contributed by atoms with E-state index in [2.05, 4.69) is 5.10 Å². The first-order valence-electron chi connectivity index (χ1n) is 11.2. The minimum Gasteiger partial charge on any atom is -0.336 e. The molecule has 8 nitrogen and oxygen atoms in total. The van der Waals surface area contributed by atoms with Gasteiger partial charge < -0.3 is 4.90 Å². The predicted octanol–water partition coefficient (Wildman–Crippen LogP) is 3.16. The average molecular weight is 470 g/mol. The van der Waals surface area contributed by atoms with Crippen LogP contribution in [0.4, 0.5) is 0 Å². The molecule has 0 atom stereocenters. The van der Waals surface area contributed by atoms with Crippen molar-refractivity contribution in [3.8, 4) is 0 Å². The molecular weight excluding hydrogens is 438 g/mol. The number of amides is 1. The van der Waals surface area contributed by atoms with E-state index < -0.39 is 10.0 Å². The summed E-state index contributed by atoms with van der Waals surface area (Å²) in [6, 6.07) is 7.32. The Morgan fingerprint density at radius 3 is 2.33 bits per heavy atom. The Kier molecular flexibility index (Phi) is 6.05. The fourth-order valence-electron chi connectivity index (χ4n) is 4.35. The fraction of sp³-hybridized carbons (Fsp3) is 0.458. The van der Waals surface area contributed by atoms with Gasteiger partial charge in [0.15, 0.2) is 5.65 Å². The zero-order valence-electron chi connectivity index (χ0n) is 20.1. The zero-order chi connectivity index (χ0) is 24.1. The van der Waals surface area contributed by atoms with Crippen molar-refractivity contribution in [1.29, 1.82) is 0 Å². The van der Waals surface area contributed by atoms with Crippen molar-refractivity contribution in [2.24, 2.45) is 7.05 Å². The summed E-state index contributed by atoms with van der Waals surface area (Å²) in [5.41, 5.74) is 4.51.